The van der Waals surface area contributed by atoms with Crippen LogP contribution in [0.4, 0.5) is 0 Å². The van der Waals surface area contributed by atoms with E-state index in [0.29, 0.717) is 17.0 Å². The minimum atomic E-state index is 0.479. The van der Waals surface area contributed by atoms with Crippen molar-refractivity contribution in [3.05, 3.63) is 17.0 Å². The monoisotopic (exact) mass is 268 g/mol. The van der Waals surface area contributed by atoms with Gasteiger partial charge in [0.05, 0.1) is 6.61 Å². The van der Waals surface area contributed by atoms with Crippen molar-refractivity contribution in [3.8, 4) is 5.88 Å². The molecule has 0 spiro atoms. The molecule has 2 rings (SSSR count). The smallest absolute Gasteiger partial charge is 0.218 e. The summed E-state index contributed by atoms with van der Waals surface area (Å²) in [6.45, 7) is 2.87. The van der Waals surface area contributed by atoms with Crippen LogP contribution in [0.25, 0.3) is 0 Å². The molecule has 3 nitrogen and oxygen atoms in total. The molecule has 0 bridgehead atoms. The van der Waals surface area contributed by atoms with Crippen molar-refractivity contribution in [2.45, 2.75) is 51.9 Å². The van der Waals surface area contributed by atoms with E-state index in [9.17, 15) is 0 Å². The predicted molar refractivity (Wildman–Crippen MR) is 73.1 cm³/mol. The highest BCUT2D eigenvalue weighted by Gasteiger charge is 2.14. The molecule has 1 aromatic heterocycles. The lowest BCUT2D eigenvalue weighted by Gasteiger charge is -2.21. The molecular formula is C14H21ClN2O. The van der Waals surface area contributed by atoms with E-state index in [1.807, 2.05) is 0 Å². The summed E-state index contributed by atoms with van der Waals surface area (Å²) in [5.41, 5.74) is 0. The maximum Gasteiger partial charge on any atom is 0.218 e. The minimum Gasteiger partial charge on any atom is -0.477 e. The van der Waals surface area contributed by atoms with Crippen LogP contribution in [0, 0.1) is 5.92 Å². The third-order valence-electron chi connectivity index (χ3n) is 3.38. The maximum absolute atomic E-state index is 5.98. The zero-order chi connectivity index (χ0) is 12.8. The zero-order valence-electron chi connectivity index (χ0n) is 11.0. The molecule has 1 fully saturated rings. The highest BCUT2D eigenvalue weighted by atomic mass is 35.5. The van der Waals surface area contributed by atoms with Gasteiger partial charge in [-0.25, -0.2) is 4.98 Å². The van der Waals surface area contributed by atoms with Gasteiger partial charge in [0.2, 0.25) is 5.88 Å². The van der Waals surface area contributed by atoms with Gasteiger partial charge < -0.3 is 4.74 Å². The van der Waals surface area contributed by atoms with Crippen LogP contribution in [0.5, 0.6) is 5.88 Å². The van der Waals surface area contributed by atoms with Crippen molar-refractivity contribution in [3.63, 3.8) is 0 Å². The van der Waals surface area contributed by atoms with Crippen molar-refractivity contribution in [2.75, 3.05) is 6.61 Å². The van der Waals surface area contributed by atoms with Gasteiger partial charge in [-0.15, -0.1) is 0 Å². The fourth-order valence-corrected chi connectivity index (χ4v) is 2.60. The van der Waals surface area contributed by atoms with E-state index < -0.39 is 0 Å². The molecule has 1 aromatic rings. The van der Waals surface area contributed by atoms with Crippen LogP contribution in [0.2, 0.25) is 5.15 Å². The number of aromatic nitrogens is 2. The van der Waals surface area contributed by atoms with Crippen molar-refractivity contribution in [1.82, 2.24) is 9.97 Å². The van der Waals surface area contributed by atoms with Gasteiger partial charge >= 0.3 is 0 Å². The lowest BCUT2D eigenvalue weighted by Crippen LogP contribution is -2.16. The second kappa shape index (κ2) is 6.93. The lowest BCUT2D eigenvalue weighted by atomic mass is 9.90. The van der Waals surface area contributed by atoms with Crippen LogP contribution in [0.15, 0.2) is 6.07 Å². The summed E-state index contributed by atoms with van der Waals surface area (Å²) in [5.74, 6) is 2.09. The molecule has 4 heteroatoms. The Morgan fingerprint density at radius 3 is 2.78 bits per heavy atom. The molecule has 0 amide bonds. The SMILES string of the molecule is CCCc1nc(Cl)cc(OCC2CCCCC2)n1. The number of ether oxygens (including phenoxy) is 1. The Bertz CT molecular complexity index is 378. The number of hydrogen-bond acceptors (Lipinski definition) is 3. The Hall–Kier alpha value is -0.830. The third-order valence-corrected chi connectivity index (χ3v) is 3.58. The van der Waals surface area contributed by atoms with Gasteiger partial charge in [0.1, 0.15) is 11.0 Å². The van der Waals surface area contributed by atoms with E-state index in [4.69, 9.17) is 16.3 Å². The van der Waals surface area contributed by atoms with E-state index in [-0.39, 0.29) is 0 Å². The predicted octanol–water partition coefficient (Wildman–Crippen LogP) is 4.04. The fraction of sp³-hybridized carbons (Fsp3) is 0.714. The van der Waals surface area contributed by atoms with Crippen LogP contribution in [-0.4, -0.2) is 16.6 Å². The van der Waals surface area contributed by atoms with Crippen molar-refractivity contribution >= 4 is 11.6 Å². The quantitative estimate of drug-likeness (QED) is 0.756. The molecule has 18 heavy (non-hydrogen) atoms. The summed E-state index contributed by atoms with van der Waals surface area (Å²) in [5, 5.41) is 0.479. The first kappa shape index (κ1) is 13.6. The normalized spacial score (nSPS) is 16.8. The van der Waals surface area contributed by atoms with Gasteiger partial charge in [-0.3, -0.25) is 0 Å². The van der Waals surface area contributed by atoms with Gasteiger partial charge in [-0.05, 0) is 25.2 Å². The van der Waals surface area contributed by atoms with Crippen LogP contribution in [0.1, 0.15) is 51.3 Å². The minimum absolute atomic E-state index is 0.479. The Kier molecular flexibility index (Phi) is 5.24. The molecule has 0 unspecified atom stereocenters. The van der Waals surface area contributed by atoms with Crippen LogP contribution in [-0.2, 0) is 6.42 Å². The maximum atomic E-state index is 5.98. The summed E-state index contributed by atoms with van der Waals surface area (Å²) in [7, 11) is 0. The zero-order valence-corrected chi connectivity index (χ0v) is 11.7. The number of halogens is 1. The molecule has 1 aliphatic carbocycles. The first-order chi connectivity index (χ1) is 8.78. The fourth-order valence-electron chi connectivity index (χ4n) is 2.41. The third kappa shape index (κ3) is 4.13. The lowest BCUT2D eigenvalue weighted by molar-refractivity contribution is 0.202. The average molecular weight is 269 g/mol. The van der Waals surface area contributed by atoms with E-state index in [1.54, 1.807) is 6.07 Å². The van der Waals surface area contributed by atoms with Gasteiger partial charge in [0.25, 0.3) is 0 Å². The largest absolute Gasteiger partial charge is 0.477 e. The van der Waals surface area contributed by atoms with Gasteiger partial charge in [0.15, 0.2) is 0 Å². The summed E-state index contributed by atoms with van der Waals surface area (Å²) in [4.78, 5) is 8.58. The molecule has 100 valence electrons. The van der Waals surface area contributed by atoms with Crippen LogP contribution < -0.4 is 4.74 Å². The van der Waals surface area contributed by atoms with Gasteiger partial charge in [-0.1, -0.05) is 37.8 Å². The summed E-state index contributed by atoms with van der Waals surface area (Å²) >= 11 is 5.98. The van der Waals surface area contributed by atoms with Crippen LogP contribution in [0.3, 0.4) is 0 Å². The van der Waals surface area contributed by atoms with Crippen molar-refractivity contribution in [2.24, 2.45) is 5.92 Å². The van der Waals surface area contributed by atoms with Crippen LogP contribution >= 0.6 is 11.6 Å². The summed E-state index contributed by atoms with van der Waals surface area (Å²) in [6.07, 6.45) is 8.46. The Labute approximate surface area is 114 Å². The summed E-state index contributed by atoms with van der Waals surface area (Å²) < 4.78 is 5.78. The molecule has 0 aliphatic heterocycles. The molecule has 0 aromatic carbocycles. The highest BCUT2D eigenvalue weighted by Crippen LogP contribution is 2.24. The second-order valence-corrected chi connectivity index (χ2v) is 5.40. The second-order valence-electron chi connectivity index (χ2n) is 5.01. The standard InChI is InChI=1S/C14H21ClN2O/c1-2-6-13-16-12(15)9-14(17-13)18-10-11-7-4-3-5-8-11/h9,11H,2-8,10H2,1H3. The topological polar surface area (TPSA) is 35.0 Å². The number of rotatable bonds is 5. The molecule has 1 aliphatic rings. The molecule has 0 N–H and O–H groups in total. The van der Waals surface area contributed by atoms with E-state index in [2.05, 4.69) is 16.9 Å². The molecule has 0 atom stereocenters. The average Bonchev–Trinajstić information content (AvgIpc) is 2.37. The first-order valence-corrected chi connectivity index (χ1v) is 7.32. The van der Waals surface area contributed by atoms with Gasteiger partial charge in [-0.2, -0.15) is 4.98 Å². The molecule has 1 saturated carbocycles. The van der Waals surface area contributed by atoms with E-state index in [0.717, 1.165) is 25.3 Å². The molecular weight excluding hydrogens is 248 g/mol. The number of aryl methyl sites for hydroxylation is 1. The van der Waals surface area contributed by atoms with Gasteiger partial charge in [0, 0.05) is 12.5 Å². The molecule has 1 heterocycles. The highest BCUT2D eigenvalue weighted by molar-refractivity contribution is 6.29. The van der Waals surface area contributed by atoms with E-state index in [1.165, 1.54) is 32.1 Å². The Morgan fingerprint density at radius 2 is 2.06 bits per heavy atom. The van der Waals surface area contributed by atoms with E-state index >= 15 is 0 Å². The number of hydrogen-bond donors (Lipinski definition) is 0. The summed E-state index contributed by atoms with van der Waals surface area (Å²) in [6, 6.07) is 1.71. The Morgan fingerprint density at radius 1 is 1.28 bits per heavy atom. The molecule has 0 radical (unpaired) electrons. The number of nitrogens with zero attached hydrogens (tertiary/aromatic N) is 2. The molecule has 0 saturated heterocycles. The van der Waals surface area contributed by atoms with Crippen molar-refractivity contribution in [1.29, 1.82) is 0 Å². The first-order valence-electron chi connectivity index (χ1n) is 6.94. The van der Waals surface area contributed by atoms with Crippen molar-refractivity contribution < 1.29 is 4.74 Å². The Balaban J connectivity index is 1.91.